The lowest BCUT2D eigenvalue weighted by atomic mass is 9.43. The minimum atomic E-state index is -4.41. The van der Waals surface area contributed by atoms with E-state index in [9.17, 15) is 8.42 Å². The summed E-state index contributed by atoms with van der Waals surface area (Å²) in [4.78, 5) is 0. The summed E-state index contributed by atoms with van der Waals surface area (Å²) in [7, 11) is -4.41. The number of ether oxygens (including phenoxy) is 3. The molecule has 11 heteroatoms. The van der Waals surface area contributed by atoms with E-state index in [-0.39, 0.29) is 29.6 Å². The van der Waals surface area contributed by atoms with Gasteiger partial charge in [0.15, 0.2) is 0 Å². The van der Waals surface area contributed by atoms with E-state index >= 15 is 0 Å². The van der Waals surface area contributed by atoms with E-state index in [1.807, 2.05) is 0 Å². The van der Waals surface area contributed by atoms with Gasteiger partial charge in [0.2, 0.25) is 0 Å². The summed E-state index contributed by atoms with van der Waals surface area (Å²) in [5.41, 5.74) is 17.8. The summed E-state index contributed by atoms with van der Waals surface area (Å²) in [5, 5.41) is 0. The van der Waals surface area contributed by atoms with Crippen LogP contribution in [0.25, 0.3) is 0 Å². The first-order chi connectivity index (χ1) is 21.0. The Hall–Kier alpha value is -0.370. The summed E-state index contributed by atoms with van der Waals surface area (Å²) >= 11 is 0. The van der Waals surface area contributed by atoms with Crippen LogP contribution in [0.5, 0.6) is 0 Å². The predicted molar refractivity (Wildman–Crippen MR) is 172 cm³/mol. The lowest BCUT2D eigenvalue weighted by Crippen LogP contribution is -2.63. The fraction of sp³-hybridized carbons (Fsp3) is 1.00. The Balaban J connectivity index is 1.60. The highest BCUT2D eigenvalue weighted by Crippen LogP contribution is 2.69. The zero-order valence-corrected chi connectivity index (χ0v) is 28.5. The zero-order valence-electron chi connectivity index (χ0n) is 27.7. The number of fused-ring (bicyclic) bond motifs is 5. The van der Waals surface area contributed by atoms with Crippen molar-refractivity contribution in [1.29, 1.82) is 0 Å². The summed E-state index contributed by atoms with van der Waals surface area (Å²) < 4.78 is 55.8. The summed E-state index contributed by atoms with van der Waals surface area (Å²) in [6.45, 7) is 11.4. The largest absolute Gasteiger partial charge is 0.397 e. The third-order valence-corrected chi connectivity index (χ3v) is 13.0. The highest BCUT2D eigenvalue weighted by molar-refractivity contribution is 7.80. The van der Waals surface area contributed by atoms with Crippen LogP contribution in [0.4, 0.5) is 0 Å². The lowest BCUT2D eigenvalue weighted by Gasteiger charge is -2.65. The van der Waals surface area contributed by atoms with Gasteiger partial charge in [-0.15, -0.1) is 0 Å². The molecule has 7 N–H and O–H groups in total. The van der Waals surface area contributed by atoms with Gasteiger partial charge in [-0.3, -0.25) is 4.55 Å². The predicted octanol–water partition coefficient (Wildman–Crippen LogP) is 4.30. The fourth-order valence-corrected chi connectivity index (χ4v) is 10.7. The van der Waals surface area contributed by atoms with Gasteiger partial charge in [0.05, 0.1) is 24.9 Å². The molecule has 2 unspecified atom stereocenters. The quantitative estimate of drug-likeness (QED) is 0.125. The smallest absolute Gasteiger partial charge is 0.378 e. The molecule has 0 bridgehead atoms. The van der Waals surface area contributed by atoms with E-state index < -0.39 is 10.4 Å². The van der Waals surface area contributed by atoms with E-state index in [1.165, 1.54) is 6.42 Å². The van der Waals surface area contributed by atoms with Crippen LogP contribution in [0, 0.1) is 46.3 Å². The van der Waals surface area contributed by atoms with Gasteiger partial charge in [-0.05, 0) is 138 Å². The van der Waals surface area contributed by atoms with Gasteiger partial charge in [-0.25, -0.2) is 4.18 Å². The summed E-state index contributed by atoms with van der Waals surface area (Å²) in [6, 6.07) is 0. The third-order valence-electron chi connectivity index (χ3n) is 12.5. The molecule has 0 saturated heterocycles. The molecular formula is C33H63N3O7S. The van der Waals surface area contributed by atoms with Crippen molar-refractivity contribution in [3.05, 3.63) is 0 Å². The van der Waals surface area contributed by atoms with Gasteiger partial charge in [-0.2, -0.15) is 8.42 Å². The lowest BCUT2D eigenvalue weighted by molar-refractivity contribution is -0.227. The van der Waals surface area contributed by atoms with Crippen LogP contribution >= 0.6 is 0 Å². The molecule has 0 aromatic rings. The van der Waals surface area contributed by atoms with Crippen LogP contribution < -0.4 is 17.2 Å². The Morgan fingerprint density at radius 2 is 1.48 bits per heavy atom. The average Bonchev–Trinajstić information content (AvgIpc) is 3.34. The average molecular weight is 646 g/mol. The van der Waals surface area contributed by atoms with E-state index in [0.717, 1.165) is 70.8 Å². The second kappa shape index (κ2) is 16.2. The van der Waals surface area contributed by atoms with E-state index in [1.54, 1.807) is 0 Å². The van der Waals surface area contributed by atoms with Crippen LogP contribution in [0.15, 0.2) is 0 Å². The number of hydrogen-bond donors (Lipinski definition) is 4. The Morgan fingerprint density at radius 1 is 0.818 bits per heavy atom. The molecule has 0 aromatic heterocycles. The normalized spacial score (nSPS) is 39.4. The van der Waals surface area contributed by atoms with Crippen molar-refractivity contribution in [2.24, 2.45) is 63.5 Å². The van der Waals surface area contributed by atoms with Gasteiger partial charge in [0.1, 0.15) is 0 Å². The molecule has 0 amide bonds. The van der Waals surface area contributed by atoms with Crippen LogP contribution in [-0.2, 0) is 28.8 Å². The van der Waals surface area contributed by atoms with Crippen molar-refractivity contribution in [3.63, 3.8) is 0 Å². The second-order valence-electron chi connectivity index (χ2n) is 14.8. The highest BCUT2D eigenvalue weighted by atomic mass is 32.3. The number of hydrogen-bond acceptors (Lipinski definition) is 9. The van der Waals surface area contributed by atoms with Crippen molar-refractivity contribution in [1.82, 2.24) is 0 Å². The molecule has 4 saturated carbocycles. The van der Waals surface area contributed by atoms with Gasteiger partial charge < -0.3 is 31.4 Å². The maximum absolute atomic E-state index is 11.1. The first kappa shape index (κ1) is 36.5. The van der Waals surface area contributed by atoms with Crippen LogP contribution in [0.1, 0.15) is 97.8 Å². The molecule has 0 aromatic carbocycles. The van der Waals surface area contributed by atoms with Gasteiger partial charge >= 0.3 is 10.4 Å². The van der Waals surface area contributed by atoms with E-state index in [2.05, 4.69) is 25.0 Å². The summed E-state index contributed by atoms with van der Waals surface area (Å²) in [6.07, 6.45) is 12.5. The van der Waals surface area contributed by atoms with E-state index in [0.29, 0.717) is 80.9 Å². The summed E-state index contributed by atoms with van der Waals surface area (Å²) in [5.74, 6) is 2.86. The van der Waals surface area contributed by atoms with Gasteiger partial charge in [0.25, 0.3) is 0 Å². The molecule has 4 rings (SSSR count). The first-order valence-corrected chi connectivity index (χ1v) is 18.9. The first-order valence-electron chi connectivity index (χ1n) is 17.6. The highest BCUT2D eigenvalue weighted by Gasteiger charge is 2.66. The minimum absolute atomic E-state index is 0.00486. The van der Waals surface area contributed by atoms with Crippen molar-refractivity contribution >= 4 is 10.4 Å². The standard InChI is InChI=1S/C33H63N3O7S/c1-23(8-4-19-43-44(37,38)39)26-9-10-27-31-28(22-30(33(26,27)3)42-18-7-15-36)32(2)12-11-25(40-16-5-13-34)20-24(32)21-29(31)41-17-6-14-35/h23-31H,4-22,34-36H2,1-3H3,(H,37,38,39)/t23-,24?,25-,26-,27+,28+,29-,30+,31?,32+,33-/m1/s1. The topological polar surface area (TPSA) is 169 Å². The molecule has 11 atom stereocenters. The molecule has 0 radical (unpaired) electrons. The van der Waals surface area contributed by atoms with Crippen LogP contribution in [0.2, 0.25) is 0 Å². The Labute approximate surface area is 267 Å². The molecule has 258 valence electrons. The number of nitrogens with two attached hydrogens (primary N) is 3. The SMILES string of the molecule is C[C@H](CCCOS(=O)(=O)O)[C@H]1CC[C@H]2C3[C@H](OCCCN)CC4C[C@H](OCCCN)CC[C@]4(C)[C@H]3C[C@H](OCCCN)[C@]12C. The van der Waals surface area contributed by atoms with Crippen molar-refractivity contribution in [3.8, 4) is 0 Å². The Bertz CT molecular complexity index is 988. The maximum Gasteiger partial charge on any atom is 0.397 e. The third kappa shape index (κ3) is 8.19. The minimum Gasteiger partial charge on any atom is -0.378 e. The van der Waals surface area contributed by atoms with Crippen molar-refractivity contribution in [2.45, 2.75) is 116 Å². The maximum atomic E-state index is 11.1. The van der Waals surface area contributed by atoms with Crippen molar-refractivity contribution < 1.29 is 31.4 Å². The zero-order chi connectivity index (χ0) is 32.0. The van der Waals surface area contributed by atoms with Gasteiger partial charge in [0, 0.05) is 25.2 Å². The molecule has 44 heavy (non-hydrogen) atoms. The molecular weight excluding hydrogens is 582 g/mol. The molecule has 0 spiro atoms. The second-order valence-corrected chi connectivity index (χ2v) is 15.9. The Morgan fingerprint density at radius 3 is 2.14 bits per heavy atom. The molecule has 4 fully saturated rings. The molecule has 4 aliphatic carbocycles. The van der Waals surface area contributed by atoms with Crippen LogP contribution in [-0.4, -0.2) is 77.3 Å². The van der Waals surface area contributed by atoms with E-state index in [4.69, 9.17) is 36.0 Å². The molecule has 0 aliphatic heterocycles. The van der Waals surface area contributed by atoms with Crippen LogP contribution in [0.3, 0.4) is 0 Å². The monoisotopic (exact) mass is 645 g/mol. The fourth-order valence-electron chi connectivity index (χ4n) is 10.4. The Kier molecular flexibility index (Phi) is 13.4. The van der Waals surface area contributed by atoms with Crippen molar-refractivity contribution in [2.75, 3.05) is 46.1 Å². The molecule has 10 nitrogen and oxygen atoms in total. The molecule has 4 aliphatic rings. The number of rotatable bonds is 18. The van der Waals surface area contributed by atoms with Gasteiger partial charge in [-0.1, -0.05) is 20.8 Å². The molecule has 0 heterocycles.